The number of guanidine groups is 1. The number of nitrogens with zero attached hydrogens (tertiary/aromatic N) is 2. The van der Waals surface area contributed by atoms with E-state index < -0.39 is 11.0 Å². The first-order valence-electron chi connectivity index (χ1n) is 13.6. The number of ether oxygens (including phenoxy) is 1. The van der Waals surface area contributed by atoms with Crippen molar-refractivity contribution in [1.29, 1.82) is 0 Å². The monoisotopic (exact) mass is 520 g/mol. The van der Waals surface area contributed by atoms with Crippen molar-refractivity contribution >= 4 is 16.9 Å². The number of aliphatic hydroxyl groups is 1. The second kappa shape index (κ2) is 10.2. The van der Waals surface area contributed by atoms with Crippen molar-refractivity contribution < 1.29 is 19.4 Å². The van der Waals surface area contributed by atoms with Crippen LogP contribution in [-0.2, 0) is 18.3 Å². The summed E-state index contributed by atoms with van der Waals surface area (Å²) in [5.74, 6) is 1.57. The number of furan rings is 1. The van der Waals surface area contributed by atoms with Gasteiger partial charge in [-0.3, -0.25) is 9.89 Å². The van der Waals surface area contributed by atoms with Gasteiger partial charge in [-0.05, 0) is 75.9 Å². The average Bonchev–Trinajstić information content (AvgIpc) is 3.19. The molecule has 2 aliphatic rings. The largest absolute Gasteiger partial charge is 0.504 e. The number of rotatable bonds is 9. The van der Waals surface area contributed by atoms with Gasteiger partial charge in [-0.15, -0.1) is 0 Å². The fraction of sp³-hybridized carbons (Fsp3) is 0.500. The molecule has 1 aliphatic carbocycles. The quantitative estimate of drug-likeness (QED) is 0.192. The lowest BCUT2D eigenvalue weighted by molar-refractivity contribution is -0.136. The van der Waals surface area contributed by atoms with E-state index in [2.05, 4.69) is 22.9 Å². The minimum atomic E-state index is -1.08. The van der Waals surface area contributed by atoms with Crippen LogP contribution in [0.3, 0.4) is 0 Å². The molecule has 2 bridgehead atoms. The van der Waals surface area contributed by atoms with Crippen LogP contribution in [0, 0.1) is 6.92 Å². The summed E-state index contributed by atoms with van der Waals surface area (Å²) in [5, 5.41) is 24.4. The average molecular weight is 521 g/mol. The molecule has 0 spiro atoms. The first-order chi connectivity index (χ1) is 18.2. The maximum absolute atomic E-state index is 12.5. The van der Waals surface area contributed by atoms with E-state index in [9.17, 15) is 10.2 Å². The third-order valence-electron chi connectivity index (χ3n) is 9.01. The van der Waals surface area contributed by atoms with Crippen molar-refractivity contribution in [2.24, 2.45) is 16.5 Å². The Balaban J connectivity index is 1.51. The van der Waals surface area contributed by atoms with E-state index in [0.29, 0.717) is 31.6 Å². The summed E-state index contributed by atoms with van der Waals surface area (Å²) in [6.07, 6.45) is 4.89. The maximum atomic E-state index is 12.5. The number of nitrogens with two attached hydrogens (primary N) is 2. The van der Waals surface area contributed by atoms with Crippen molar-refractivity contribution in [1.82, 2.24) is 4.90 Å². The predicted molar refractivity (Wildman–Crippen MR) is 150 cm³/mol. The minimum Gasteiger partial charge on any atom is -0.504 e. The second-order valence-electron chi connectivity index (χ2n) is 11.1. The van der Waals surface area contributed by atoms with Crippen LogP contribution in [0.4, 0.5) is 0 Å². The molecule has 2 aromatic carbocycles. The van der Waals surface area contributed by atoms with Crippen molar-refractivity contribution in [2.45, 2.75) is 69.4 Å². The van der Waals surface area contributed by atoms with Gasteiger partial charge < -0.3 is 30.8 Å². The highest BCUT2D eigenvalue weighted by Crippen LogP contribution is 2.57. The molecule has 8 heteroatoms. The van der Waals surface area contributed by atoms with Crippen LogP contribution in [0.2, 0.25) is 0 Å². The Hall–Kier alpha value is -3.23. The molecular formula is C30H40N4O4. The Kier molecular flexibility index (Phi) is 7.05. The van der Waals surface area contributed by atoms with Crippen LogP contribution in [-0.4, -0.2) is 59.5 Å². The standard InChI is InChI=1S/C30H40N4O4/c1-19-21-9-5-6-10-23(21)38-24(19)18-30-13-16-34(15-8-4-7-14-33-28(31)32)25(29(30,2)36)17-20-11-12-22(35)27(37-3)26(20)30/h5-6,9-12,25,35-36H,4,7-8,13-18H2,1-3H3,(H4,31,32,33). The highest BCUT2D eigenvalue weighted by molar-refractivity contribution is 5.82. The number of phenolic OH excluding ortho intramolecular Hbond substituents is 1. The van der Waals surface area contributed by atoms with E-state index in [0.717, 1.165) is 65.8 Å². The molecule has 2 heterocycles. The lowest BCUT2D eigenvalue weighted by Gasteiger charge is -2.60. The first-order valence-corrected chi connectivity index (χ1v) is 13.6. The number of unbranched alkanes of at least 4 members (excludes halogenated alkanes) is 2. The van der Waals surface area contributed by atoms with Crippen LogP contribution >= 0.6 is 0 Å². The molecule has 0 amide bonds. The number of phenols is 1. The summed E-state index contributed by atoms with van der Waals surface area (Å²) < 4.78 is 12.2. The van der Waals surface area contributed by atoms with Gasteiger partial charge in [0.15, 0.2) is 17.5 Å². The number of para-hydroxylation sites is 1. The number of aliphatic imine (C=N–C) groups is 1. The molecule has 3 unspecified atom stereocenters. The van der Waals surface area contributed by atoms with Crippen LogP contribution < -0.4 is 16.2 Å². The third kappa shape index (κ3) is 4.29. The van der Waals surface area contributed by atoms with E-state index in [1.165, 1.54) is 0 Å². The molecule has 1 fully saturated rings. The van der Waals surface area contributed by atoms with Gasteiger partial charge in [-0.25, -0.2) is 0 Å². The number of hydrogen-bond acceptors (Lipinski definition) is 6. The zero-order valence-electron chi connectivity index (χ0n) is 22.7. The van der Waals surface area contributed by atoms with Crippen molar-refractivity contribution in [3.63, 3.8) is 0 Å². The predicted octanol–water partition coefficient (Wildman–Crippen LogP) is 3.76. The molecular weight excluding hydrogens is 480 g/mol. The molecule has 3 aromatic rings. The number of likely N-dealkylation sites (tertiary alicyclic amines) is 1. The van der Waals surface area contributed by atoms with Crippen molar-refractivity contribution in [2.75, 3.05) is 26.7 Å². The van der Waals surface area contributed by atoms with Gasteiger partial charge in [0.2, 0.25) is 0 Å². The smallest absolute Gasteiger partial charge is 0.185 e. The van der Waals surface area contributed by atoms with E-state index in [-0.39, 0.29) is 17.8 Å². The Labute approximate surface area is 224 Å². The number of methoxy groups -OCH3 is 1. The molecule has 6 N–H and O–H groups in total. The van der Waals surface area contributed by atoms with E-state index in [1.54, 1.807) is 13.2 Å². The van der Waals surface area contributed by atoms with Crippen LogP contribution in [0.25, 0.3) is 11.0 Å². The minimum absolute atomic E-state index is 0.0691. The number of piperidine rings is 1. The van der Waals surface area contributed by atoms with E-state index in [1.807, 2.05) is 31.2 Å². The summed E-state index contributed by atoms with van der Waals surface area (Å²) in [7, 11) is 1.59. The van der Waals surface area contributed by atoms with Gasteiger partial charge in [0.05, 0.1) is 12.7 Å². The van der Waals surface area contributed by atoms with Gasteiger partial charge in [0.1, 0.15) is 11.3 Å². The summed E-state index contributed by atoms with van der Waals surface area (Å²) in [5.41, 5.74) is 13.1. The second-order valence-corrected chi connectivity index (χ2v) is 11.1. The Morgan fingerprint density at radius 1 is 1.18 bits per heavy atom. The molecule has 1 saturated heterocycles. The molecule has 204 valence electrons. The Bertz CT molecular complexity index is 1340. The number of aromatic hydroxyl groups is 1. The highest BCUT2D eigenvalue weighted by atomic mass is 16.5. The molecule has 38 heavy (non-hydrogen) atoms. The molecule has 0 saturated carbocycles. The Morgan fingerprint density at radius 3 is 2.71 bits per heavy atom. The van der Waals surface area contributed by atoms with Crippen LogP contribution in [0.5, 0.6) is 11.5 Å². The molecule has 0 radical (unpaired) electrons. The summed E-state index contributed by atoms with van der Waals surface area (Å²) in [4.78, 5) is 6.52. The topological polar surface area (TPSA) is 130 Å². The zero-order valence-corrected chi connectivity index (χ0v) is 22.7. The number of hydrogen-bond donors (Lipinski definition) is 4. The fourth-order valence-electron chi connectivity index (χ4n) is 6.95. The van der Waals surface area contributed by atoms with Gasteiger partial charge >= 0.3 is 0 Å². The first kappa shape index (κ1) is 26.4. The van der Waals surface area contributed by atoms with Gasteiger partial charge in [0, 0.05) is 35.4 Å². The lowest BCUT2D eigenvalue weighted by Crippen LogP contribution is -2.71. The Morgan fingerprint density at radius 2 is 1.97 bits per heavy atom. The summed E-state index contributed by atoms with van der Waals surface area (Å²) >= 11 is 0. The van der Waals surface area contributed by atoms with Crippen LogP contribution in [0.15, 0.2) is 45.8 Å². The van der Waals surface area contributed by atoms with E-state index in [4.69, 9.17) is 20.6 Å². The summed E-state index contributed by atoms with van der Waals surface area (Å²) in [6, 6.07) is 11.7. The van der Waals surface area contributed by atoms with Gasteiger partial charge in [-0.2, -0.15) is 0 Å². The van der Waals surface area contributed by atoms with Crippen molar-refractivity contribution in [3.8, 4) is 11.5 Å². The molecule has 5 rings (SSSR count). The van der Waals surface area contributed by atoms with E-state index >= 15 is 0 Å². The zero-order chi connectivity index (χ0) is 27.1. The maximum Gasteiger partial charge on any atom is 0.185 e. The third-order valence-corrected chi connectivity index (χ3v) is 9.01. The van der Waals surface area contributed by atoms with Gasteiger partial charge in [-0.1, -0.05) is 30.7 Å². The number of fused-ring (bicyclic) bond motifs is 5. The summed E-state index contributed by atoms with van der Waals surface area (Å²) in [6.45, 7) is 6.43. The lowest BCUT2D eigenvalue weighted by atomic mass is 9.53. The van der Waals surface area contributed by atoms with Crippen molar-refractivity contribution in [3.05, 3.63) is 58.8 Å². The van der Waals surface area contributed by atoms with Gasteiger partial charge in [0.25, 0.3) is 0 Å². The molecule has 8 nitrogen and oxygen atoms in total. The normalized spacial score (nSPS) is 24.8. The SMILES string of the molecule is COc1c(O)ccc2c1C1(Cc3oc4ccccc4c3C)CCN(CCCCCN=C(N)N)C(C2)C1(C)O. The number of aryl methyl sites for hydroxylation is 1. The molecule has 1 aromatic heterocycles. The van der Waals surface area contributed by atoms with Crippen LogP contribution in [0.1, 0.15) is 55.1 Å². The molecule has 1 aliphatic heterocycles. The molecule has 3 atom stereocenters. The fourth-order valence-corrected chi connectivity index (χ4v) is 6.95. The highest BCUT2D eigenvalue weighted by Gasteiger charge is 2.61. The number of benzene rings is 2.